The number of esters is 1. The van der Waals surface area contributed by atoms with Crippen LogP contribution in [0.4, 0.5) is 5.69 Å². The van der Waals surface area contributed by atoms with Gasteiger partial charge in [0.1, 0.15) is 0 Å². The van der Waals surface area contributed by atoms with Gasteiger partial charge in [0, 0.05) is 10.6 Å². The second kappa shape index (κ2) is 8.02. The van der Waals surface area contributed by atoms with E-state index < -0.39 is 5.97 Å². The van der Waals surface area contributed by atoms with Crippen LogP contribution in [0.25, 0.3) is 0 Å². The zero-order valence-electron chi connectivity index (χ0n) is 14.3. The highest BCUT2D eigenvalue weighted by Crippen LogP contribution is 2.26. The lowest BCUT2D eigenvalue weighted by Crippen LogP contribution is -2.23. The summed E-state index contributed by atoms with van der Waals surface area (Å²) in [5.74, 6) is -0.517. The van der Waals surface area contributed by atoms with Crippen molar-refractivity contribution in [3.8, 4) is 0 Å². The quantitative estimate of drug-likeness (QED) is 0.653. The first kappa shape index (κ1) is 18.1. The molecule has 0 aliphatic carbocycles. The van der Waals surface area contributed by atoms with Crippen molar-refractivity contribution in [3.63, 3.8) is 0 Å². The summed E-state index contributed by atoms with van der Waals surface area (Å²) in [4.78, 5) is 25.2. The van der Waals surface area contributed by atoms with Crippen LogP contribution in [0.3, 0.4) is 0 Å². The van der Waals surface area contributed by atoms with Gasteiger partial charge in [0.05, 0.1) is 17.9 Å². The van der Waals surface area contributed by atoms with Crippen molar-refractivity contribution < 1.29 is 14.3 Å². The molecule has 2 aromatic carbocycles. The maximum atomic E-state index is 12.4. The van der Waals surface area contributed by atoms with Gasteiger partial charge in [-0.25, -0.2) is 4.79 Å². The molecular weight excluding hydrogens is 322 g/mol. The number of thioether (sulfide) groups is 1. The molecule has 0 saturated carbocycles. The number of carbonyl (C=O) groups excluding carboxylic acids is 2. The molecule has 1 amide bonds. The van der Waals surface area contributed by atoms with Crippen LogP contribution in [-0.4, -0.2) is 24.2 Å². The van der Waals surface area contributed by atoms with Crippen molar-refractivity contribution in [1.82, 2.24) is 0 Å². The van der Waals surface area contributed by atoms with E-state index in [1.165, 1.54) is 24.4 Å². The Balaban J connectivity index is 2.08. The van der Waals surface area contributed by atoms with Crippen molar-refractivity contribution in [1.29, 1.82) is 0 Å². The van der Waals surface area contributed by atoms with Crippen molar-refractivity contribution >= 4 is 29.3 Å². The van der Waals surface area contributed by atoms with Gasteiger partial charge >= 0.3 is 5.97 Å². The summed E-state index contributed by atoms with van der Waals surface area (Å²) >= 11 is 1.50. The number of rotatable bonds is 5. The summed E-state index contributed by atoms with van der Waals surface area (Å²) in [6, 6.07) is 13.3. The molecule has 1 N–H and O–H groups in total. The molecule has 0 heterocycles. The van der Waals surface area contributed by atoms with Gasteiger partial charge in [-0.05, 0) is 50.6 Å². The molecule has 126 valence electrons. The van der Waals surface area contributed by atoms with Crippen LogP contribution in [-0.2, 0) is 9.53 Å². The molecule has 0 aliphatic heterocycles. The molecule has 0 saturated heterocycles. The molecule has 0 fully saturated rings. The van der Waals surface area contributed by atoms with Gasteiger partial charge in [-0.15, -0.1) is 11.8 Å². The number of aryl methyl sites for hydroxylation is 1. The molecule has 1 atom stereocenters. The lowest BCUT2D eigenvalue weighted by Gasteiger charge is -2.15. The van der Waals surface area contributed by atoms with Gasteiger partial charge < -0.3 is 10.1 Å². The fourth-order valence-electron chi connectivity index (χ4n) is 2.21. The maximum Gasteiger partial charge on any atom is 0.338 e. The van der Waals surface area contributed by atoms with Crippen LogP contribution in [0.1, 0.15) is 28.4 Å². The summed E-state index contributed by atoms with van der Waals surface area (Å²) in [6.45, 7) is 5.68. The third kappa shape index (κ3) is 4.38. The summed E-state index contributed by atoms with van der Waals surface area (Å²) in [7, 11) is 1.34. The molecule has 2 aromatic rings. The number of methoxy groups -OCH3 is 1. The van der Waals surface area contributed by atoms with Crippen LogP contribution in [0, 0.1) is 13.8 Å². The van der Waals surface area contributed by atoms with Gasteiger partial charge in [-0.1, -0.05) is 23.8 Å². The van der Waals surface area contributed by atoms with E-state index >= 15 is 0 Å². The predicted octanol–water partition coefficient (Wildman–Crippen LogP) is 4.21. The molecule has 0 radical (unpaired) electrons. The Hall–Kier alpha value is -2.27. The second-order valence-electron chi connectivity index (χ2n) is 5.53. The van der Waals surface area contributed by atoms with Gasteiger partial charge in [0.25, 0.3) is 0 Å². The number of carbonyl (C=O) groups is 2. The number of ether oxygens (including phenoxy) is 1. The fourth-order valence-corrected chi connectivity index (χ4v) is 3.08. The van der Waals surface area contributed by atoms with Gasteiger partial charge in [-0.3, -0.25) is 4.79 Å². The Morgan fingerprint density at radius 2 is 1.75 bits per heavy atom. The standard InChI is InChI=1S/C19H21NO3S/c1-12-8-10-15(11-9-12)24-14(3)18(21)20-17-7-5-6-16(13(17)2)19(22)23-4/h5-11,14H,1-4H3,(H,20,21)/t14-/m0/s1. The average Bonchev–Trinajstić information content (AvgIpc) is 2.58. The van der Waals surface area contributed by atoms with Crippen LogP contribution >= 0.6 is 11.8 Å². The number of anilines is 1. The molecule has 0 bridgehead atoms. The van der Waals surface area contributed by atoms with Gasteiger partial charge in [-0.2, -0.15) is 0 Å². The van der Waals surface area contributed by atoms with Gasteiger partial charge in [0.2, 0.25) is 5.91 Å². The monoisotopic (exact) mass is 343 g/mol. The van der Waals surface area contributed by atoms with E-state index in [1.54, 1.807) is 25.1 Å². The Morgan fingerprint density at radius 3 is 2.38 bits per heavy atom. The van der Waals surface area contributed by atoms with Crippen molar-refractivity contribution in [2.45, 2.75) is 30.9 Å². The van der Waals surface area contributed by atoms with E-state index in [-0.39, 0.29) is 11.2 Å². The fraction of sp³-hybridized carbons (Fsp3) is 0.263. The number of nitrogens with one attached hydrogen (secondary N) is 1. The zero-order chi connectivity index (χ0) is 17.7. The SMILES string of the molecule is COC(=O)c1cccc(NC(=O)[C@H](C)Sc2ccc(C)cc2)c1C. The normalized spacial score (nSPS) is 11.7. The summed E-state index contributed by atoms with van der Waals surface area (Å²) < 4.78 is 4.76. The van der Waals surface area contributed by atoms with Crippen LogP contribution in [0.2, 0.25) is 0 Å². The number of amides is 1. The number of benzene rings is 2. The largest absolute Gasteiger partial charge is 0.465 e. The molecule has 5 heteroatoms. The summed E-state index contributed by atoms with van der Waals surface area (Å²) in [5, 5.41) is 2.64. The molecular formula is C19H21NO3S. The van der Waals surface area contributed by atoms with E-state index in [9.17, 15) is 9.59 Å². The van der Waals surface area contributed by atoms with Crippen molar-refractivity contribution in [2.75, 3.05) is 12.4 Å². The smallest absolute Gasteiger partial charge is 0.338 e. The Bertz CT molecular complexity index is 741. The lowest BCUT2D eigenvalue weighted by atomic mass is 10.1. The van der Waals surface area contributed by atoms with E-state index in [0.29, 0.717) is 16.8 Å². The first-order valence-electron chi connectivity index (χ1n) is 7.64. The number of hydrogen-bond acceptors (Lipinski definition) is 4. The predicted molar refractivity (Wildman–Crippen MR) is 97.6 cm³/mol. The highest BCUT2D eigenvalue weighted by molar-refractivity contribution is 8.00. The first-order chi connectivity index (χ1) is 11.4. The Labute approximate surface area is 146 Å². The van der Waals surface area contributed by atoms with E-state index in [0.717, 1.165) is 4.90 Å². The van der Waals surface area contributed by atoms with E-state index in [1.807, 2.05) is 38.1 Å². The summed E-state index contributed by atoms with van der Waals surface area (Å²) in [5.41, 5.74) is 2.96. The van der Waals surface area contributed by atoms with Crippen molar-refractivity contribution in [3.05, 3.63) is 59.2 Å². The minimum Gasteiger partial charge on any atom is -0.465 e. The highest BCUT2D eigenvalue weighted by Gasteiger charge is 2.17. The Kier molecular flexibility index (Phi) is 6.04. The van der Waals surface area contributed by atoms with Gasteiger partial charge in [0.15, 0.2) is 0 Å². The lowest BCUT2D eigenvalue weighted by molar-refractivity contribution is -0.115. The molecule has 0 spiro atoms. The molecule has 0 aromatic heterocycles. The number of hydrogen-bond donors (Lipinski definition) is 1. The topological polar surface area (TPSA) is 55.4 Å². The van der Waals surface area contributed by atoms with Crippen LogP contribution < -0.4 is 5.32 Å². The van der Waals surface area contributed by atoms with Crippen LogP contribution in [0.5, 0.6) is 0 Å². The minimum absolute atomic E-state index is 0.106. The minimum atomic E-state index is -0.411. The Morgan fingerprint density at radius 1 is 1.08 bits per heavy atom. The third-order valence-corrected chi connectivity index (χ3v) is 4.81. The molecule has 0 unspecified atom stereocenters. The van der Waals surface area contributed by atoms with E-state index in [2.05, 4.69) is 5.32 Å². The molecule has 4 nitrogen and oxygen atoms in total. The first-order valence-corrected chi connectivity index (χ1v) is 8.52. The zero-order valence-corrected chi connectivity index (χ0v) is 15.1. The molecule has 2 rings (SSSR count). The molecule has 24 heavy (non-hydrogen) atoms. The van der Waals surface area contributed by atoms with E-state index in [4.69, 9.17) is 4.74 Å². The van der Waals surface area contributed by atoms with Crippen molar-refractivity contribution in [2.24, 2.45) is 0 Å². The summed E-state index contributed by atoms with van der Waals surface area (Å²) in [6.07, 6.45) is 0. The highest BCUT2D eigenvalue weighted by atomic mass is 32.2. The maximum absolute atomic E-state index is 12.4. The second-order valence-corrected chi connectivity index (χ2v) is 6.95. The third-order valence-electron chi connectivity index (χ3n) is 3.70. The average molecular weight is 343 g/mol. The molecule has 0 aliphatic rings. The van der Waals surface area contributed by atoms with Crippen LogP contribution in [0.15, 0.2) is 47.4 Å².